The van der Waals surface area contributed by atoms with Gasteiger partial charge < -0.3 is 16.2 Å². The maximum atomic E-state index is 10.8. The molecule has 0 spiro atoms. The van der Waals surface area contributed by atoms with Crippen molar-refractivity contribution in [2.24, 2.45) is 11.7 Å². The standard InChI is InChI=1S/C13H27N3O2/c1-3-13(18)7-11-6-12(14)9-16(8-11)5-4-15-10(2)17/h11-13,18H,3-9,14H2,1-2H3,(H,15,17). The van der Waals surface area contributed by atoms with Crippen molar-refractivity contribution in [1.29, 1.82) is 0 Å². The van der Waals surface area contributed by atoms with Crippen molar-refractivity contribution in [2.75, 3.05) is 26.2 Å². The average molecular weight is 257 g/mol. The third-order valence-corrected chi connectivity index (χ3v) is 3.52. The smallest absolute Gasteiger partial charge is 0.216 e. The van der Waals surface area contributed by atoms with E-state index in [1.54, 1.807) is 0 Å². The highest BCUT2D eigenvalue weighted by molar-refractivity contribution is 5.72. The van der Waals surface area contributed by atoms with Gasteiger partial charge in [-0.2, -0.15) is 0 Å². The predicted molar refractivity (Wildman–Crippen MR) is 72.1 cm³/mol. The molecular weight excluding hydrogens is 230 g/mol. The van der Waals surface area contributed by atoms with E-state index >= 15 is 0 Å². The molecule has 4 N–H and O–H groups in total. The molecule has 1 saturated heterocycles. The van der Waals surface area contributed by atoms with Gasteiger partial charge in [0.05, 0.1) is 6.10 Å². The lowest BCUT2D eigenvalue weighted by Crippen LogP contribution is -2.49. The summed E-state index contributed by atoms with van der Waals surface area (Å²) in [6, 6.07) is 0.185. The summed E-state index contributed by atoms with van der Waals surface area (Å²) in [7, 11) is 0. The lowest BCUT2D eigenvalue weighted by Gasteiger charge is -2.37. The van der Waals surface area contributed by atoms with Gasteiger partial charge in [0.2, 0.25) is 5.91 Å². The van der Waals surface area contributed by atoms with Gasteiger partial charge in [-0.3, -0.25) is 9.69 Å². The number of amides is 1. The Bertz CT molecular complexity index is 261. The molecule has 0 aromatic heterocycles. The minimum atomic E-state index is -0.211. The van der Waals surface area contributed by atoms with Crippen LogP contribution >= 0.6 is 0 Å². The second-order valence-corrected chi connectivity index (χ2v) is 5.40. The molecule has 1 rings (SSSR count). The number of aliphatic hydroxyl groups excluding tert-OH is 1. The number of nitrogens with zero attached hydrogens (tertiary/aromatic N) is 1. The molecule has 1 aliphatic rings. The molecule has 0 radical (unpaired) electrons. The Morgan fingerprint density at radius 2 is 2.28 bits per heavy atom. The number of rotatable bonds is 6. The molecule has 1 amide bonds. The number of likely N-dealkylation sites (tertiary alicyclic amines) is 1. The van der Waals surface area contributed by atoms with Crippen molar-refractivity contribution >= 4 is 5.91 Å². The molecule has 106 valence electrons. The van der Waals surface area contributed by atoms with Gasteiger partial charge in [-0.25, -0.2) is 0 Å². The molecule has 1 aliphatic heterocycles. The van der Waals surface area contributed by atoms with Crippen LogP contribution in [0.5, 0.6) is 0 Å². The Balaban J connectivity index is 2.33. The molecule has 1 fully saturated rings. The van der Waals surface area contributed by atoms with E-state index in [4.69, 9.17) is 5.73 Å². The number of hydrogen-bond acceptors (Lipinski definition) is 4. The van der Waals surface area contributed by atoms with E-state index in [-0.39, 0.29) is 18.1 Å². The van der Waals surface area contributed by atoms with Gasteiger partial charge in [0, 0.05) is 39.1 Å². The fourth-order valence-corrected chi connectivity index (χ4v) is 2.64. The van der Waals surface area contributed by atoms with Crippen LogP contribution in [0.25, 0.3) is 0 Å². The summed E-state index contributed by atoms with van der Waals surface area (Å²) in [5, 5.41) is 12.5. The quantitative estimate of drug-likeness (QED) is 0.622. The summed E-state index contributed by atoms with van der Waals surface area (Å²) in [5.41, 5.74) is 6.05. The number of piperidine rings is 1. The molecule has 5 heteroatoms. The van der Waals surface area contributed by atoms with E-state index in [9.17, 15) is 9.90 Å². The molecule has 3 atom stereocenters. The molecule has 5 nitrogen and oxygen atoms in total. The zero-order chi connectivity index (χ0) is 13.5. The molecule has 0 aliphatic carbocycles. The lowest BCUT2D eigenvalue weighted by atomic mass is 9.89. The van der Waals surface area contributed by atoms with E-state index in [1.165, 1.54) is 6.92 Å². The van der Waals surface area contributed by atoms with E-state index in [2.05, 4.69) is 10.2 Å². The zero-order valence-electron chi connectivity index (χ0n) is 11.6. The zero-order valence-corrected chi connectivity index (χ0v) is 11.6. The molecule has 1 heterocycles. The first-order valence-corrected chi connectivity index (χ1v) is 6.91. The van der Waals surface area contributed by atoms with Crippen LogP contribution in [0.15, 0.2) is 0 Å². The molecule has 18 heavy (non-hydrogen) atoms. The summed E-state index contributed by atoms with van der Waals surface area (Å²) in [4.78, 5) is 13.1. The van der Waals surface area contributed by atoms with Gasteiger partial charge in [-0.05, 0) is 25.2 Å². The predicted octanol–water partition coefficient (Wildman–Crippen LogP) is -0.0673. The maximum Gasteiger partial charge on any atom is 0.216 e. The van der Waals surface area contributed by atoms with Crippen molar-refractivity contribution in [3.63, 3.8) is 0 Å². The number of carbonyl (C=O) groups excluding carboxylic acids is 1. The SMILES string of the molecule is CCC(O)CC1CC(N)CN(CCNC(C)=O)C1. The van der Waals surface area contributed by atoms with Crippen molar-refractivity contribution in [3.8, 4) is 0 Å². The van der Waals surface area contributed by atoms with Gasteiger partial charge in [0.15, 0.2) is 0 Å². The van der Waals surface area contributed by atoms with E-state index in [0.29, 0.717) is 12.5 Å². The van der Waals surface area contributed by atoms with Crippen molar-refractivity contribution in [3.05, 3.63) is 0 Å². The van der Waals surface area contributed by atoms with Gasteiger partial charge in [0.1, 0.15) is 0 Å². The first-order chi connectivity index (χ1) is 8.51. The normalized spacial score (nSPS) is 26.9. The van der Waals surface area contributed by atoms with E-state index in [0.717, 1.165) is 38.9 Å². The minimum absolute atomic E-state index is 0.00858. The molecule has 3 unspecified atom stereocenters. The third kappa shape index (κ3) is 5.80. The molecule has 0 saturated carbocycles. The minimum Gasteiger partial charge on any atom is -0.393 e. The molecule has 0 aromatic rings. The summed E-state index contributed by atoms with van der Waals surface area (Å²) in [6.07, 6.45) is 2.42. The lowest BCUT2D eigenvalue weighted by molar-refractivity contribution is -0.119. The maximum absolute atomic E-state index is 10.8. The monoisotopic (exact) mass is 257 g/mol. The van der Waals surface area contributed by atoms with Crippen LogP contribution in [-0.2, 0) is 4.79 Å². The van der Waals surface area contributed by atoms with Crippen LogP contribution in [0.3, 0.4) is 0 Å². The second kappa shape index (κ2) is 7.71. The number of aliphatic hydroxyl groups is 1. The van der Waals surface area contributed by atoms with Crippen LogP contribution < -0.4 is 11.1 Å². The van der Waals surface area contributed by atoms with E-state index < -0.39 is 0 Å². The third-order valence-electron chi connectivity index (χ3n) is 3.52. The Labute approximate surface area is 110 Å². The highest BCUT2D eigenvalue weighted by atomic mass is 16.3. The highest BCUT2D eigenvalue weighted by Gasteiger charge is 2.26. The van der Waals surface area contributed by atoms with E-state index in [1.807, 2.05) is 6.92 Å². The van der Waals surface area contributed by atoms with Gasteiger partial charge >= 0.3 is 0 Å². The summed E-state index contributed by atoms with van der Waals surface area (Å²) < 4.78 is 0. The Kier molecular flexibility index (Phi) is 6.60. The van der Waals surface area contributed by atoms with Crippen molar-refractivity contribution < 1.29 is 9.90 Å². The highest BCUT2D eigenvalue weighted by Crippen LogP contribution is 2.21. The first-order valence-electron chi connectivity index (χ1n) is 6.91. The number of nitrogens with two attached hydrogens (primary N) is 1. The Morgan fingerprint density at radius 1 is 1.56 bits per heavy atom. The van der Waals surface area contributed by atoms with Crippen LogP contribution in [0.1, 0.15) is 33.1 Å². The van der Waals surface area contributed by atoms with Crippen LogP contribution in [0.4, 0.5) is 0 Å². The molecule has 0 bridgehead atoms. The number of hydrogen-bond donors (Lipinski definition) is 3. The van der Waals surface area contributed by atoms with Crippen molar-refractivity contribution in [2.45, 2.75) is 45.3 Å². The fraction of sp³-hybridized carbons (Fsp3) is 0.923. The molecule has 0 aromatic carbocycles. The topological polar surface area (TPSA) is 78.6 Å². The first kappa shape index (κ1) is 15.4. The Hall–Kier alpha value is -0.650. The fourth-order valence-electron chi connectivity index (χ4n) is 2.64. The Morgan fingerprint density at radius 3 is 2.89 bits per heavy atom. The van der Waals surface area contributed by atoms with Gasteiger partial charge in [-0.1, -0.05) is 6.92 Å². The number of carbonyl (C=O) groups is 1. The molecular formula is C13H27N3O2. The van der Waals surface area contributed by atoms with Crippen LogP contribution in [-0.4, -0.2) is 54.2 Å². The van der Waals surface area contributed by atoms with Crippen LogP contribution in [0.2, 0.25) is 0 Å². The average Bonchev–Trinajstić information content (AvgIpc) is 2.27. The number of nitrogens with one attached hydrogen (secondary N) is 1. The van der Waals surface area contributed by atoms with Crippen molar-refractivity contribution in [1.82, 2.24) is 10.2 Å². The van der Waals surface area contributed by atoms with Crippen LogP contribution in [0, 0.1) is 5.92 Å². The summed E-state index contributed by atoms with van der Waals surface area (Å²) >= 11 is 0. The summed E-state index contributed by atoms with van der Waals surface area (Å²) in [5.74, 6) is 0.482. The van der Waals surface area contributed by atoms with Gasteiger partial charge in [0.25, 0.3) is 0 Å². The second-order valence-electron chi connectivity index (χ2n) is 5.40. The summed E-state index contributed by atoms with van der Waals surface area (Å²) in [6.45, 7) is 6.91. The largest absolute Gasteiger partial charge is 0.393 e. The van der Waals surface area contributed by atoms with Gasteiger partial charge in [-0.15, -0.1) is 0 Å².